The second kappa shape index (κ2) is 46.6. The molecule has 1 heterocycles. The summed E-state index contributed by atoms with van der Waals surface area (Å²) < 4.78 is 36.2. The fraction of sp³-hybridized carbons (Fsp3) is 0.893. The minimum Gasteiger partial charge on any atom is -0.377 e. The summed E-state index contributed by atoms with van der Waals surface area (Å²) in [5, 5.41) is 3.03. The van der Waals surface area contributed by atoms with Crippen LogP contribution in [0.25, 0.3) is 0 Å². The highest BCUT2D eigenvalue weighted by Gasteiger charge is 2.38. The molecule has 0 spiro atoms. The Kier molecular flexibility index (Phi) is 44.6. The molecule has 1 N–H and O–H groups in total. The summed E-state index contributed by atoms with van der Waals surface area (Å²) in [6, 6.07) is 1.27. The molecule has 1 rings (SSSR count). The smallest absolute Gasteiger partial charge is 0.377 e. The number of carbonyl (C=O) groups excluding carboxylic acids is 3. The van der Waals surface area contributed by atoms with E-state index in [1.54, 1.807) is 42.7 Å². The Morgan fingerprint density at radius 3 is 1.09 bits per heavy atom. The van der Waals surface area contributed by atoms with Gasteiger partial charge in [0, 0.05) is 134 Å². The molecule has 0 radical (unpaired) electrons. The molecule has 0 aliphatic heterocycles. The fourth-order valence-corrected chi connectivity index (χ4v) is 12.6. The van der Waals surface area contributed by atoms with E-state index >= 15 is 0 Å². The third kappa shape index (κ3) is 30.8. The molecule has 0 atom stereocenters. The van der Waals surface area contributed by atoms with Gasteiger partial charge in [0.05, 0.1) is 0 Å². The van der Waals surface area contributed by atoms with Crippen LogP contribution in [0.4, 0.5) is 4.79 Å². The van der Waals surface area contributed by atoms with Gasteiger partial charge in [-0.05, 0) is 70.6 Å². The number of unbranched alkanes of at least 4 members (excludes halogenated alkanes) is 16. The van der Waals surface area contributed by atoms with Gasteiger partial charge in [0.1, 0.15) is 0 Å². The zero-order valence-electron chi connectivity index (χ0n) is 51.0. The maximum atomic E-state index is 13.2. The number of aromatic nitrogens is 3. The van der Waals surface area contributed by atoms with Crippen molar-refractivity contribution in [2.75, 3.05) is 88.5 Å². The van der Waals surface area contributed by atoms with Crippen LogP contribution in [0.15, 0.2) is 14.4 Å². The highest BCUT2D eigenvalue weighted by atomic mass is 28.4. The number of amides is 4. The first kappa shape index (κ1) is 73.8. The molecule has 1 aromatic rings. The van der Waals surface area contributed by atoms with Crippen LogP contribution in [-0.4, -0.2) is 152 Å². The van der Waals surface area contributed by atoms with E-state index in [4.69, 9.17) is 26.6 Å². The number of nitrogens with one attached hydrogen (secondary N) is 1. The van der Waals surface area contributed by atoms with Crippen molar-refractivity contribution >= 4 is 35.5 Å². The molecule has 19 nitrogen and oxygen atoms in total. The SMILES string of the molecule is CCCCCCCCC(=O)N(CCCC)CCC[Si](OC)(OC)OC.CCCCN(CCCC)C(=O)CCCCCCCn1c(=O)n(C)c(=O)n(CCCCCCNC(=O)N(CCCC)CCC[Si](OC)(OC)OC)c1=O. The molecule has 0 aliphatic carbocycles. The Hall–Kier alpha value is -3.19. The monoisotopic (exact) mass is 1130 g/mol. The van der Waals surface area contributed by atoms with E-state index in [0.29, 0.717) is 63.7 Å². The Morgan fingerprint density at radius 2 is 0.714 bits per heavy atom. The summed E-state index contributed by atoms with van der Waals surface area (Å²) in [5.41, 5.74) is -1.74. The minimum atomic E-state index is -2.69. The third-order valence-corrected chi connectivity index (χ3v) is 20.1. The minimum absolute atomic E-state index is 0.0904. The average Bonchev–Trinajstić information content (AvgIpc) is 3.44. The number of hydrogen-bond donors (Lipinski definition) is 1. The molecule has 0 saturated carbocycles. The Morgan fingerprint density at radius 1 is 0.403 bits per heavy atom. The lowest BCUT2D eigenvalue weighted by Crippen LogP contribution is -2.53. The molecule has 77 heavy (non-hydrogen) atoms. The van der Waals surface area contributed by atoms with Crippen molar-refractivity contribution in [2.24, 2.45) is 7.05 Å². The molecule has 1 aromatic heterocycles. The van der Waals surface area contributed by atoms with Gasteiger partial charge in [-0.25, -0.2) is 32.9 Å². The first-order valence-corrected chi connectivity index (χ1v) is 33.8. The summed E-state index contributed by atoms with van der Waals surface area (Å²) in [4.78, 5) is 82.8. The van der Waals surface area contributed by atoms with E-state index in [9.17, 15) is 28.8 Å². The van der Waals surface area contributed by atoms with E-state index in [2.05, 4.69) is 39.9 Å². The van der Waals surface area contributed by atoms with Crippen LogP contribution in [0, 0.1) is 0 Å². The maximum absolute atomic E-state index is 13.2. The normalized spacial score (nSPS) is 11.6. The second-order valence-electron chi connectivity index (χ2n) is 20.4. The maximum Gasteiger partial charge on any atom is 0.500 e. The first-order valence-electron chi connectivity index (χ1n) is 29.9. The Balaban J connectivity index is 0.00000193. The van der Waals surface area contributed by atoms with Gasteiger partial charge >= 0.3 is 40.7 Å². The predicted octanol–water partition coefficient (Wildman–Crippen LogP) is 9.75. The summed E-state index contributed by atoms with van der Waals surface area (Å²) >= 11 is 0. The molecular formula is C56H113N7O12Si2. The van der Waals surface area contributed by atoms with Crippen molar-refractivity contribution < 1.29 is 40.9 Å². The van der Waals surface area contributed by atoms with Gasteiger partial charge < -0.3 is 46.6 Å². The van der Waals surface area contributed by atoms with Crippen LogP contribution in [-0.2, 0) is 56.3 Å². The lowest BCUT2D eigenvalue weighted by Gasteiger charge is -2.27. The summed E-state index contributed by atoms with van der Waals surface area (Å²) in [6.45, 7) is 16.3. The van der Waals surface area contributed by atoms with E-state index in [0.717, 1.165) is 151 Å². The zero-order valence-corrected chi connectivity index (χ0v) is 53.0. The van der Waals surface area contributed by atoms with Crippen molar-refractivity contribution in [3.8, 4) is 0 Å². The Labute approximate surface area is 468 Å². The molecular weight excluding hydrogens is 1020 g/mol. The lowest BCUT2D eigenvalue weighted by atomic mass is 10.1. The number of urea groups is 1. The number of rotatable bonds is 48. The first-order chi connectivity index (χ1) is 37.1. The second-order valence-corrected chi connectivity index (χ2v) is 26.5. The quantitative estimate of drug-likeness (QED) is 0.0480. The van der Waals surface area contributed by atoms with E-state index in [-0.39, 0.29) is 25.0 Å². The molecule has 0 fully saturated rings. The topological polar surface area (TPSA) is 194 Å². The highest BCUT2D eigenvalue weighted by Crippen LogP contribution is 2.18. The van der Waals surface area contributed by atoms with Crippen molar-refractivity contribution in [3.05, 3.63) is 31.5 Å². The average molecular weight is 1130 g/mol. The van der Waals surface area contributed by atoms with Gasteiger partial charge in [0.25, 0.3) is 0 Å². The summed E-state index contributed by atoms with van der Waals surface area (Å²) in [5.74, 6) is 0.535. The molecule has 21 heteroatoms. The molecule has 0 aromatic carbocycles. The summed E-state index contributed by atoms with van der Waals surface area (Å²) in [7, 11) is 5.87. The van der Waals surface area contributed by atoms with Crippen LogP contribution in [0.2, 0.25) is 12.1 Å². The van der Waals surface area contributed by atoms with Crippen molar-refractivity contribution in [2.45, 2.75) is 233 Å². The van der Waals surface area contributed by atoms with E-state index < -0.39 is 34.7 Å². The molecule has 0 unspecified atom stereocenters. The number of carbonyl (C=O) groups is 3. The molecule has 4 amide bonds. The van der Waals surface area contributed by atoms with Gasteiger partial charge in [-0.2, -0.15) is 0 Å². The number of nitrogens with zero attached hydrogens (tertiary/aromatic N) is 6. The molecule has 452 valence electrons. The molecule has 0 saturated heterocycles. The zero-order chi connectivity index (χ0) is 57.7. The third-order valence-electron chi connectivity index (χ3n) is 14.4. The van der Waals surface area contributed by atoms with Crippen molar-refractivity contribution in [3.63, 3.8) is 0 Å². The van der Waals surface area contributed by atoms with Crippen molar-refractivity contribution in [1.29, 1.82) is 0 Å². The van der Waals surface area contributed by atoms with Crippen LogP contribution in [0.5, 0.6) is 0 Å². The van der Waals surface area contributed by atoms with Crippen LogP contribution >= 0.6 is 0 Å². The van der Waals surface area contributed by atoms with Crippen molar-refractivity contribution in [1.82, 2.24) is 33.7 Å². The fourth-order valence-electron chi connectivity index (χ4n) is 9.16. The van der Waals surface area contributed by atoms with Gasteiger partial charge in [-0.1, -0.05) is 125 Å². The van der Waals surface area contributed by atoms with Crippen LogP contribution in [0.1, 0.15) is 208 Å². The summed E-state index contributed by atoms with van der Waals surface area (Å²) in [6.07, 6.45) is 25.6. The lowest BCUT2D eigenvalue weighted by molar-refractivity contribution is -0.132. The van der Waals surface area contributed by atoms with Gasteiger partial charge in [0.2, 0.25) is 11.8 Å². The van der Waals surface area contributed by atoms with Gasteiger partial charge in [-0.3, -0.25) is 9.59 Å². The van der Waals surface area contributed by atoms with E-state index in [1.165, 1.54) is 43.7 Å². The van der Waals surface area contributed by atoms with Gasteiger partial charge in [-0.15, -0.1) is 0 Å². The molecule has 0 bridgehead atoms. The van der Waals surface area contributed by atoms with Gasteiger partial charge in [0.15, 0.2) is 0 Å². The number of hydrogen-bond acceptors (Lipinski definition) is 12. The Bertz CT molecular complexity index is 1820. The largest absolute Gasteiger partial charge is 0.500 e. The highest BCUT2D eigenvalue weighted by molar-refractivity contribution is 6.60. The predicted molar refractivity (Wildman–Crippen MR) is 315 cm³/mol. The standard InChI is InChI=1S/C37H72N6O8Si.C19H41NO4Si/c1-8-11-26-40(27-12-9-2)33(44)24-19-15-14-17-21-30-42-35(46)39(4)36(47)43(37(42)48)31-22-18-16-20-25-38-34(45)41(28-13-10-3)29-23-32-52(49-5,50-6)51-7;1-6-8-10-11-12-13-15-19(21)20(16-9-7-2)17-14-18-25(22-3,23-4)24-5/h8-32H2,1-7H3,(H,38,45);6-18H2,1-5H3. The van der Waals surface area contributed by atoms with Crippen LogP contribution < -0.4 is 22.4 Å². The van der Waals surface area contributed by atoms with Crippen LogP contribution in [0.3, 0.4) is 0 Å². The molecule has 0 aliphatic rings. The van der Waals surface area contributed by atoms with E-state index in [1.807, 2.05) is 14.7 Å².